The molecule has 7 rings (SSSR count). The number of nitrogens with zero attached hydrogens (tertiary/aromatic N) is 4. The van der Waals surface area contributed by atoms with Crippen LogP contribution in [0.3, 0.4) is 0 Å². The van der Waals surface area contributed by atoms with Crippen molar-refractivity contribution in [2.24, 2.45) is 0 Å². The lowest BCUT2D eigenvalue weighted by molar-refractivity contribution is -0.160. The van der Waals surface area contributed by atoms with E-state index in [0.717, 1.165) is 53.8 Å². The van der Waals surface area contributed by atoms with E-state index in [1.807, 2.05) is 44.3 Å². The summed E-state index contributed by atoms with van der Waals surface area (Å²) in [4.78, 5) is 20.0. The number of hydrogen-bond acceptors (Lipinski definition) is 7. The number of aromatic nitrogens is 3. The van der Waals surface area contributed by atoms with Gasteiger partial charge in [0.2, 0.25) is 0 Å². The van der Waals surface area contributed by atoms with Crippen molar-refractivity contribution in [2.45, 2.75) is 97.6 Å². The molecule has 2 aromatic heterocycles. The second kappa shape index (κ2) is 13.4. The van der Waals surface area contributed by atoms with Gasteiger partial charge in [-0.05, 0) is 90.1 Å². The van der Waals surface area contributed by atoms with Gasteiger partial charge in [-0.25, -0.2) is 9.78 Å². The molecule has 3 aliphatic rings. The van der Waals surface area contributed by atoms with Crippen molar-refractivity contribution in [2.75, 3.05) is 24.6 Å². The Bertz CT molecular complexity index is 1830. The fourth-order valence-electron chi connectivity index (χ4n) is 6.63. The molecule has 9 nitrogen and oxygen atoms in total. The van der Waals surface area contributed by atoms with Crippen molar-refractivity contribution >= 4 is 17.4 Å². The predicted octanol–water partition coefficient (Wildman–Crippen LogP) is 7.98. The third kappa shape index (κ3) is 7.12. The highest BCUT2D eigenvalue weighted by atomic mass is 16.5. The second-order valence-corrected chi connectivity index (χ2v) is 14.3. The lowest BCUT2D eigenvalue weighted by Gasteiger charge is -2.41. The van der Waals surface area contributed by atoms with Gasteiger partial charge < -0.3 is 24.2 Å². The maximum atomic E-state index is 12.8. The van der Waals surface area contributed by atoms with Gasteiger partial charge in [-0.1, -0.05) is 43.3 Å². The molecule has 2 atom stereocenters. The molecule has 0 aliphatic carbocycles. The summed E-state index contributed by atoms with van der Waals surface area (Å²) in [5.74, 6) is 0.482. The SMILES string of the molecule is CCc1ccc2c(c1)-c1cccc(c1)-c1cc3nc(C)c([C@H](OC(C)(C)C)C(=O)O)c(n3n1)N1CCC(C)(CC1)OC/C=C/C[C@H](C)O2. The van der Waals surface area contributed by atoms with Crippen LogP contribution >= 0.6 is 0 Å². The van der Waals surface area contributed by atoms with E-state index in [9.17, 15) is 9.90 Å². The van der Waals surface area contributed by atoms with Gasteiger partial charge in [-0.15, -0.1) is 0 Å². The van der Waals surface area contributed by atoms with Crippen LogP contribution in [0.15, 0.2) is 60.7 Å². The number of aryl methyl sites for hydroxylation is 2. The van der Waals surface area contributed by atoms with E-state index < -0.39 is 17.7 Å². The van der Waals surface area contributed by atoms with E-state index in [4.69, 9.17) is 24.3 Å². The predicted molar refractivity (Wildman–Crippen MR) is 189 cm³/mol. The van der Waals surface area contributed by atoms with E-state index in [0.29, 0.717) is 42.4 Å². The quantitative estimate of drug-likeness (QED) is 0.222. The summed E-state index contributed by atoms with van der Waals surface area (Å²) < 4.78 is 21.0. The lowest BCUT2D eigenvalue weighted by Crippen LogP contribution is -2.45. The normalized spacial score (nSPS) is 21.5. The standard InChI is InChI=1S/C39H48N4O5/c1-8-27-15-16-32-30(22-27)28-13-11-14-29(23-28)31-24-33-40-26(3)34(35(37(44)45)48-38(4,5)6)36(43(33)41-31)42-19-17-39(7,18-20-42)46-21-10-9-12-25(2)47-32/h9-11,13-16,22-25,35H,8,12,17-21H2,1-7H3,(H,44,45)/b10-9+/t25-,35-/m0/s1. The number of carboxylic acid groups (broad SMARTS) is 1. The van der Waals surface area contributed by atoms with Gasteiger partial charge in [0.15, 0.2) is 11.8 Å². The van der Waals surface area contributed by atoms with Crippen molar-refractivity contribution in [3.05, 3.63) is 77.5 Å². The van der Waals surface area contributed by atoms with Gasteiger partial charge in [0.05, 0.1) is 35.2 Å². The van der Waals surface area contributed by atoms with Crippen LogP contribution in [0, 0.1) is 6.92 Å². The third-order valence-electron chi connectivity index (χ3n) is 9.30. The van der Waals surface area contributed by atoms with E-state index in [-0.39, 0.29) is 11.7 Å². The minimum atomic E-state index is -1.22. The monoisotopic (exact) mass is 652 g/mol. The molecule has 0 radical (unpaired) electrons. The molecular formula is C39H48N4O5. The molecule has 48 heavy (non-hydrogen) atoms. The van der Waals surface area contributed by atoms with E-state index >= 15 is 0 Å². The highest BCUT2D eigenvalue weighted by molar-refractivity contribution is 5.80. The number of piperidine rings is 1. The van der Waals surface area contributed by atoms with Gasteiger partial charge in [0, 0.05) is 42.4 Å². The van der Waals surface area contributed by atoms with Crippen LogP contribution in [0.5, 0.6) is 5.75 Å². The number of hydrogen-bond donors (Lipinski definition) is 1. The molecule has 5 heterocycles. The average Bonchev–Trinajstić information content (AvgIpc) is 3.46. The Hall–Kier alpha value is -4.21. The van der Waals surface area contributed by atoms with Crippen LogP contribution < -0.4 is 9.64 Å². The number of rotatable bonds is 4. The highest BCUT2D eigenvalue weighted by Gasteiger charge is 2.37. The number of carbonyl (C=O) groups is 1. The molecule has 1 saturated heterocycles. The zero-order chi connectivity index (χ0) is 34.2. The van der Waals surface area contributed by atoms with Gasteiger partial charge >= 0.3 is 5.97 Å². The Balaban J connectivity index is 1.55. The summed E-state index contributed by atoms with van der Waals surface area (Å²) >= 11 is 0. The number of fused-ring (bicyclic) bond motifs is 7. The van der Waals surface area contributed by atoms with Crippen LogP contribution in [0.25, 0.3) is 28.0 Å². The van der Waals surface area contributed by atoms with Crippen molar-refractivity contribution in [3.8, 4) is 28.1 Å². The minimum absolute atomic E-state index is 0.0163. The van der Waals surface area contributed by atoms with Gasteiger partial charge in [0.1, 0.15) is 11.6 Å². The summed E-state index contributed by atoms with van der Waals surface area (Å²) in [5.41, 5.74) is 5.75. The number of ether oxygens (including phenoxy) is 3. The number of anilines is 1. The molecular weight excluding hydrogens is 604 g/mol. The first kappa shape index (κ1) is 33.7. The molecule has 0 spiro atoms. The van der Waals surface area contributed by atoms with Crippen LogP contribution in [0.4, 0.5) is 5.82 Å². The van der Waals surface area contributed by atoms with Crippen molar-refractivity contribution in [1.29, 1.82) is 0 Å². The third-order valence-corrected chi connectivity index (χ3v) is 9.30. The van der Waals surface area contributed by atoms with Crippen LogP contribution in [-0.2, 0) is 20.7 Å². The molecule has 4 aromatic rings. The minimum Gasteiger partial charge on any atom is -0.490 e. The molecule has 254 valence electrons. The molecule has 0 unspecified atom stereocenters. The second-order valence-electron chi connectivity index (χ2n) is 14.3. The highest BCUT2D eigenvalue weighted by Crippen LogP contribution is 2.39. The fourth-order valence-corrected chi connectivity index (χ4v) is 6.63. The smallest absolute Gasteiger partial charge is 0.337 e. The molecule has 6 bridgehead atoms. The van der Waals surface area contributed by atoms with Crippen molar-refractivity contribution in [1.82, 2.24) is 14.6 Å². The van der Waals surface area contributed by atoms with Crippen molar-refractivity contribution < 1.29 is 24.1 Å². The first-order valence-corrected chi connectivity index (χ1v) is 17.1. The first-order chi connectivity index (χ1) is 22.8. The Morgan fingerprint density at radius 3 is 2.56 bits per heavy atom. The largest absolute Gasteiger partial charge is 0.490 e. The van der Waals surface area contributed by atoms with E-state index in [1.54, 1.807) is 0 Å². The molecule has 3 aliphatic heterocycles. The Morgan fingerprint density at radius 1 is 1.10 bits per heavy atom. The number of carboxylic acids is 1. The van der Waals surface area contributed by atoms with Gasteiger partial charge in [-0.3, -0.25) is 0 Å². The van der Waals surface area contributed by atoms with E-state index in [2.05, 4.69) is 74.2 Å². The lowest BCUT2D eigenvalue weighted by atomic mass is 9.92. The van der Waals surface area contributed by atoms with Gasteiger partial charge in [0.25, 0.3) is 0 Å². The Kier molecular flexibility index (Phi) is 9.37. The molecule has 1 fully saturated rings. The van der Waals surface area contributed by atoms with Crippen LogP contribution in [0.2, 0.25) is 0 Å². The maximum Gasteiger partial charge on any atom is 0.337 e. The summed E-state index contributed by atoms with van der Waals surface area (Å²) in [5, 5.41) is 15.6. The molecule has 1 N–H and O–H groups in total. The number of benzene rings is 2. The molecule has 0 amide bonds. The Morgan fingerprint density at radius 2 is 1.85 bits per heavy atom. The summed E-state index contributed by atoms with van der Waals surface area (Å²) in [6, 6.07) is 16.7. The van der Waals surface area contributed by atoms with E-state index in [1.165, 1.54) is 5.56 Å². The fraction of sp³-hybridized carbons (Fsp3) is 0.462. The van der Waals surface area contributed by atoms with Crippen molar-refractivity contribution in [3.63, 3.8) is 0 Å². The maximum absolute atomic E-state index is 12.8. The first-order valence-electron chi connectivity index (χ1n) is 17.1. The zero-order valence-electron chi connectivity index (χ0n) is 29.2. The summed E-state index contributed by atoms with van der Waals surface area (Å²) in [6.45, 7) is 15.7. The average molecular weight is 653 g/mol. The van der Waals surface area contributed by atoms with Crippen LogP contribution in [0.1, 0.15) is 83.7 Å². The summed E-state index contributed by atoms with van der Waals surface area (Å²) in [7, 11) is 0. The van der Waals surface area contributed by atoms with Crippen LogP contribution in [-0.4, -0.2) is 62.7 Å². The topological polar surface area (TPSA) is 98.4 Å². The number of aliphatic carboxylic acids is 1. The molecule has 2 aromatic carbocycles. The Labute approximate surface area is 283 Å². The van der Waals surface area contributed by atoms with Gasteiger partial charge in [-0.2, -0.15) is 9.61 Å². The molecule has 9 heteroatoms. The zero-order valence-corrected chi connectivity index (χ0v) is 29.2. The summed E-state index contributed by atoms with van der Waals surface area (Å²) in [6.07, 6.45) is 6.21. The molecule has 0 saturated carbocycles.